The lowest BCUT2D eigenvalue weighted by Gasteiger charge is -2.25. The number of rotatable bonds is 6. The van der Waals surface area contributed by atoms with Crippen molar-refractivity contribution in [3.05, 3.63) is 30.1 Å². The first kappa shape index (κ1) is 14.9. The van der Waals surface area contributed by atoms with Gasteiger partial charge in [-0.2, -0.15) is 0 Å². The van der Waals surface area contributed by atoms with Gasteiger partial charge in [-0.3, -0.25) is 9.78 Å². The SMILES string of the molecule is COCCN(Cc1ccccn1)C(=O)C1CC(O)CN1. The maximum atomic E-state index is 12.5. The van der Waals surface area contributed by atoms with Gasteiger partial charge in [0, 0.05) is 26.4 Å². The van der Waals surface area contributed by atoms with Gasteiger partial charge < -0.3 is 20.1 Å². The third-order valence-electron chi connectivity index (χ3n) is 3.36. The van der Waals surface area contributed by atoms with Gasteiger partial charge in [0.15, 0.2) is 0 Å². The number of aliphatic hydroxyl groups is 1. The number of pyridine rings is 1. The van der Waals surface area contributed by atoms with Gasteiger partial charge in [0.25, 0.3) is 0 Å². The molecule has 110 valence electrons. The first-order valence-corrected chi connectivity index (χ1v) is 6.79. The number of aromatic nitrogens is 1. The van der Waals surface area contributed by atoms with Gasteiger partial charge in [-0.25, -0.2) is 0 Å². The second-order valence-electron chi connectivity index (χ2n) is 4.92. The van der Waals surface area contributed by atoms with Crippen LogP contribution in [-0.4, -0.2) is 59.8 Å². The Labute approximate surface area is 118 Å². The smallest absolute Gasteiger partial charge is 0.240 e. The normalized spacial score (nSPS) is 21.9. The van der Waals surface area contributed by atoms with E-state index in [4.69, 9.17) is 4.74 Å². The molecule has 1 aliphatic heterocycles. The number of nitrogens with zero attached hydrogens (tertiary/aromatic N) is 2. The van der Waals surface area contributed by atoms with Crippen molar-refractivity contribution in [2.45, 2.75) is 25.1 Å². The molecule has 2 N–H and O–H groups in total. The number of carbonyl (C=O) groups excluding carboxylic acids is 1. The van der Waals surface area contributed by atoms with Crippen molar-refractivity contribution in [3.63, 3.8) is 0 Å². The summed E-state index contributed by atoms with van der Waals surface area (Å²) in [7, 11) is 1.61. The first-order chi connectivity index (χ1) is 9.70. The van der Waals surface area contributed by atoms with E-state index in [1.54, 1.807) is 18.2 Å². The van der Waals surface area contributed by atoms with Crippen LogP contribution in [0, 0.1) is 0 Å². The highest BCUT2D eigenvalue weighted by Gasteiger charge is 2.31. The number of aliphatic hydroxyl groups excluding tert-OH is 1. The van der Waals surface area contributed by atoms with Crippen molar-refractivity contribution in [1.29, 1.82) is 0 Å². The Bertz CT molecular complexity index is 427. The quantitative estimate of drug-likeness (QED) is 0.753. The lowest BCUT2D eigenvalue weighted by molar-refractivity contribution is -0.134. The van der Waals surface area contributed by atoms with Gasteiger partial charge in [-0.05, 0) is 18.6 Å². The Hall–Kier alpha value is -1.50. The fourth-order valence-corrected chi connectivity index (χ4v) is 2.28. The van der Waals surface area contributed by atoms with Crippen LogP contribution in [0.2, 0.25) is 0 Å². The second kappa shape index (κ2) is 7.33. The maximum Gasteiger partial charge on any atom is 0.240 e. The molecule has 0 aliphatic carbocycles. The van der Waals surface area contributed by atoms with Crippen LogP contribution in [0.15, 0.2) is 24.4 Å². The van der Waals surface area contributed by atoms with Crippen molar-refractivity contribution in [2.75, 3.05) is 26.8 Å². The van der Waals surface area contributed by atoms with E-state index in [1.807, 2.05) is 18.2 Å². The highest BCUT2D eigenvalue weighted by molar-refractivity contribution is 5.82. The summed E-state index contributed by atoms with van der Waals surface area (Å²) >= 11 is 0. The van der Waals surface area contributed by atoms with Crippen molar-refractivity contribution in [2.24, 2.45) is 0 Å². The average molecular weight is 279 g/mol. The van der Waals surface area contributed by atoms with E-state index in [2.05, 4.69) is 10.3 Å². The van der Waals surface area contributed by atoms with Gasteiger partial charge in [0.1, 0.15) is 0 Å². The fraction of sp³-hybridized carbons (Fsp3) is 0.571. The standard InChI is InChI=1S/C14H21N3O3/c1-20-7-6-17(10-11-4-2-3-5-15-11)14(19)13-8-12(18)9-16-13/h2-5,12-13,16,18H,6-10H2,1H3. The summed E-state index contributed by atoms with van der Waals surface area (Å²) in [5.41, 5.74) is 0.843. The van der Waals surface area contributed by atoms with E-state index in [-0.39, 0.29) is 11.9 Å². The number of carbonyl (C=O) groups is 1. The zero-order valence-corrected chi connectivity index (χ0v) is 11.7. The van der Waals surface area contributed by atoms with Gasteiger partial charge in [0.05, 0.1) is 31.0 Å². The maximum absolute atomic E-state index is 12.5. The molecule has 2 heterocycles. The minimum absolute atomic E-state index is 0.00995. The molecule has 20 heavy (non-hydrogen) atoms. The Morgan fingerprint density at radius 1 is 1.60 bits per heavy atom. The highest BCUT2D eigenvalue weighted by atomic mass is 16.5. The predicted octanol–water partition coefficient (Wildman–Crippen LogP) is -0.221. The van der Waals surface area contributed by atoms with Crippen LogP contribution < -0.4 is 5.32 Å². The molecule has 0 aromatic carbocycles. The van der Waals surface area contributed by atoms with E-state index < -0.39 is 6.10 Å². The van der Waals surface area contributed by atoms with Gasteiger partial charge in [0.2, 0.25) is 5.91 Å². The number of methoxy groups -OCH3 is 1. The predicted molar refractivity (Wildman–Crippen MR) is 73.9 cm³/mol. The number of amides is 1. The molecule has 2 atom stereocenters. The third kappa shape index (κ3) is 4.00. The molecule has 0 saturated carbocycles. The lowest BCUT2D eigenvalue weighted by atomic mass is 10.1. The summed E-state index contributed by atoms with van der Waals surface area (Å²) in [4.78, 5) is 18.4. The number of nitrogens with one attached hydrogen (secondary N) is 1. The van der Waals surface area contributed by atoms with E-state index >= 15 is 0 Å². The minimum Gasteiger partial charge on any atom is -0.392 e. The summed E-state index contributed by atoms with van der Waals surface area (Å²) in [5, 5.41) is 12.6. The fourth-order valence-electron chi connectivity index (χ4n) is 2.28. The molecule has 2 unspecified atom stereocenters. The Morgan fingerprint density at radius 2 is 2.45 bits per heavy atom. The van der Waals surface area contributed by atoms with E-state index in [0.717, 1.165) is 5.69 Å². The molecule has 1 aromatic heterocycles. The van der Waals surface area contributed by atoms with Crippen molar-refractivity contribution in [3.8, 4) is 0 Å². The summed E-state index contributed by atoms with van der Waals surface area (Å²) < 4.78 is 5.06. The first-order valence-electron chi connectivity index (χ1n) is 6.79. The topological polar surface area (TPSA) is 74.7 Å². The summed E-state index contributed by atoms with van der Waals surface area (Å²) in [5.74, 6) is -0.00995. The van der Waals surface area contributed by atoms with Crippen LogP contribution in [0.4, 0.5) is 0 Å². The molecular formula is C14H21N3O3. The average Bonchev–Trinajstić information content (AvgIpc) is 2.90. The van der Waals surface area contributed by atoms with Crippen LogP contribution in [-0.2, 0) is 16.1 Å². The van der Waals surface area contributed by atoms with E-state index in [0.29, 0.717) is 32.7 Å². The zero-order valence-electron chi connectivity index (χ0n) is 11.7. The zero-order chi connectivity index (χ0) is 14.4. The monoisotopic (exact) mass is 279 g/mol. The number of β-amino-alcohol motifs (C(OH)–C–C–N with tert-alkyl or cyclic N) is 1. The molecule has 1 aliphatic rings. The molecule has 1 saturated heterocycles. The van der Waals surface area contributed by atoms with Gasteiger partial charge in [-0.15, -0.1) is 0 Å². The Balaban J connectivity index is 2.00. The van der Waals surface area contributed by atoms with Gasteiger partial charge in [-0.1, -0.05) is 6.07 Å². The van der Waals surface area contributed by atoms with Crippen molar-refractivity contribution < 1.29 is 14.6 Å². The second-order valence-corrected chi connectivity index (χ2v) is 4.92. The molecule has 1 fully saturated rings. The van der Waals surface area contributed by atoms with Crippen molar-refractivity contribution >= 4 is 5.91 Å². The molecule has 1 amide bonds. The summed E-state index contributed by atoms with van der Waals surface area (Å²) in [6.07, 6.45) is 1.74. The third-order valence-corrected chi connectivity index (χ3v) is 3.36. The van der Waals surface area contributed by atoms with Crippen LogP contribution in [0.1, 0.15) is 12.1 Å². The number of hydrogen-bond acceptors (Lipinski definition) is 5. The summed E-state index contributed by atoms with van der Waals surface area (Å²) in [6.45, 7) is 1.92. The van der Waals surface area contributed by atoms with E-state index in [9.17, 15) is 9.90 Å². The van der Waals surface area contributed by atoms with Crippen LogP contribution in [0.5, 0.6) is 0 Å². The van der Waals surface area contributed by atoms with Crippen LogP contribution in [0.25, 0.3) is 0 Å². The molecule has 0 radical (unpaired) electrons. The Morgan fingerprint density at radius 3 is 3.05 bits per heavy atom. The largest absolute Gasteiger partial charge is 0.392 e. The molecule has 0 bridgehead atoms. The molecule has 1 aromatic rings. The molecule has 0 spiro atoms. The van der Waals surface area contributed by atoms with Gasteiger partial charge >= 0.3 is 0 Å². The lowest BCUT2D eigenvalue weighted by Crippen LogP contribution is -2.44. The molecule has 2 rings (SSSR count). The van der Waals surface area contributed by atoms with E-state index in [1.165, 1.54) is 0 Å². The molecular weight excluding hydrogens is 258 g/mol. The summed E-state index contributed by atoms with van der Waals surface area (Å²) in [6, 6.07) is 5.33. The van der Waals surface area contributed by atoms with Crippen molar-refractivity contribution in [1.82, 2.24) is 15.2 Å². The van der Waals surface area contributed by atoms with Crippen LogP contribution in [0.3, 0.4) is 0 Å². The highest BCUT2D eigenvalue weighted by Crippen LogP contribution is 2.11. The number of hydrogen-bond donors (Lipinski definition) is 2. The molecule has 6 heteroatoms. The number of ether oxygens (including phenoxy) is 1. The Kier molecular flexibility index (Phi) is 5.46. The minimum atomic E-state index is -0.442. The molecule has 6 nitrogen and oxygen atoms in total. The van der Waals surface area contributed by atoms with Crippen LogP contribution >= 0.6 is 0 Å².